The Kier molecular flexibility index (Phi) is 4.20. The van der Waals surface area contributed by atoms with Gasteiger partial charge in [-0.3, -0.25) is 4.79 Å². The van der Waals surface area contributed by atoms with Crippen molar-refractivity contribution >= 4 is 12.0 Å². The number of nitrogens with one attached hydrogen (secondary N) is 1. The molecular weight excluding hydrogens is 228 g/mol. The highest BCUT2D eigenvalue weighted by Gasteiger charge is 2.20. The van der Waals surface area contributed by atoms with Gasteiger partial charge in [0.05, 0.1) is 32.7 Å². The first kappa shape index (κ1) is 12.9. The first-order valence-corrected chi connectivity index (χ1v) is 6.56. The monoisotopic (exact) mass is 249 g/mol. The number of quaternary nitrogens is 1. The van der Waals surface area contributed by atoms with Gasteiger partial charge >= 0.3 is 0 Å². The molecule has 4 nitrogen and oxygen atoms in total. The van der Waals surface area contributed by atoms with Gasteiger partial charge in [-0.25, -0.2) is 0 Å². The Morgan fingerprint density at radius 3 is 2.72 bits per heavy atom. The minimum absolute atomic E-state index is 0.0826. The van der Waals surface area contributed by atoms with Gasteiger partial charge in [-0.05, 0) is 32.1 Å². The lowest BCUT2D eigenvalue weighted by Gasteiger charge is -2.30. The smallest absolute Gasteiger partial charge is 0.247 e. The van der Waals surface area contributed by atoms with Crippen molar-refractivity contribution in [2.24, 2.45) is 0 Å². The molecule has 0 radical (unpaired) electrons. The van der Waals surface area contributed by atoms with E-state index >= 15 is 0 Å². The van der Waals surface area contributed by atoms with Gasteiger partial charge < -0.3 is 14.2 Å². The molecule has 1 saturated heterocycles. The fraction of sp³-hybridized carbons (Fsp3) is 0.500. The molecular formula is C14H21N2O2+. The number of amides is 1. The molecule has 1 aliphatic heterocycles. The van der Waals surface area contributed by atoms with Crippen molar-refractivity contribution in [3.63, 3.8) is 0 Å². The quantitative estimate of drug-likeness (QED) is 0.785. The number of piperazine rings is 1. The normalized spacial score (nSPS) is 17.6. The van der Waals surface area contributed by atoms with E-state index in [0.717, 1.165) is 44.2 Å². The van der Waals surface area contributed by atoms with Crippen molar-refractivity contribution in [1.82, 2.24) is 4.90 Å². The fourth-order valence-electron chi connectivity index (χ4n) is 2.20. The molecule has 1 aliphatic rings. The van der Waals surface area contributed by atoms with Crippen LogP contribution in [0.25, 0.3) is 6.08 Å². The van der Waals surface area contributed by atoms with Gasteiger partial charge in [0, 0.05) is 6.08 Å². The highest BCUT2D eigenvalue weighted by molar-refractivity contribution is 5.91. The lowest BCUT2D eigenvalue weighted by Crippen LogP contribution is -3.14. The molecule has 1 N–H and O–H groups in total. The third-order valence-electron chi connectivity index (χ3n) is 3.43. The van der Waals surface area contributed by atoms with Gasteiger partial charge in [0.2, 0.25) is 5.91 Å². The molecule has 0 saturated carbocycles. The number of rotatable bonds is 3. The third-order valence-corrected chi connectivity index (χ3v) is 3.43. The molecule has 1 fully saturated rings. The third kappa shape index (κ3) is 3.23. The van der Waals surface area contributed by atoms with Crippen LogP contribution in [-0.2, 0) is 4.79 Å². The van der Waals surface area contributed by atoms with Crippen LogP contribution in [0.3, 0.4) is 0 Å². The van der Waals surface area contributed by atoms with Crippen molar-refractivity contribution < 1.29 is 14.1 Å². The van der Waals surface area contributed by atoms with Crippen LogP contribution in [0.1, 0.15) is 18.4 Å². The van der Waals surface area contributed by atoms with E-state index in [1.165, 1.54) is 0 Å². The molecule has 0 aliphatic carbocycles. The number of furan rings is 1. The number of nitrogens with zero attached hydrogens (tertiary/aromatic N) is 1. The number of likely N-dealkylation sites (N-methyl/N-ethyl adjacent to an activating group) is 1. The van der Waals surface area contributed by atoms with Crippen LogP contribution in [0, 0.1) is 6.92 Å². The first-order valence-electron chi connectivity index (χ1n) is 6.56. The Morgan fingerprint density at radius 2 is 2.17 bits per heavy atom. The molecule has 4 heteroatoms. The summed E-state index contributed by atoms with van der Waals surface area (Å²) in [7, 11) is 0. The summed E-state index contributed by atoms with van der Waals surface area (Å²) in [6.07, 6.45) is 3.35. The molecule has 1 aromatic rings. The van der Waals surface area contributed by atoms with Crippen LogP contribution < -0.4 is 4.90 Å². The summed E-state index contributed by atoms with van der Waals surface area (Å²) in [5, 5.41) is 0. The minimum Gasteiger partial charge on any atom is -0.462 e. The summed E-state index contributed by atoms with van der Waals surface area (Å²) in [4.78, 5) is 15.4. The van der Waals surface area contributed by atoms with Gasteiger partial charge in [0.25, 0.3) is 0 Å². The van der Waals surface area contributed by atoms with E-state index in [0.29, 0.717) is 0 Å². The maximum Gasteiger partial charge on any atom is 0.247 e. The number of hydrogen-bond donors (Lipinski definition) is 1. The first-order chi connectivity index (χ1) is 8.69. The Bertz CT molecular complexity index is 429. The van der Waals surface area contributed by atoms with Crippen molar-refractivity contribution in [2.45, 2.75) is 13.8 Å². The fourth-order valence-corrected chi connectivity index (χ4v) is 2.20. The van der Waals surface area contributed by atoms with Crippen molar-refractivity contribution in [2.75, 3.05) is 32.7 Å². The molecule has 1 aromatic heterocycles. The second kappa shape index (κ2) is 5.87. The Morgan fingerprint density at radius 1 is 1.44 bits per heavy atom. The zero-order chi connectivity index (χ0) is 13.0. The van der Waals surface area contributed by atoms with Crippen LogP contribution in [-0.4, -0.2) is 43.5 Å². The lowest BCUT2D eigenvalue weighted by atomic mass is 10.3. The van der Waals surface area contributed by atoms with Crippen LogP contribution in [0.5, 0.6) is 0 Å². The predicted molar refractivity (Wildman–Crippen MR) is 70.3 cm³/mol. The summed E-state index contributed by atoms with van der Waals surface area (Å²) in [6, 6.07) is 3.77. The maximum absolute atomic E-state index is 12.0. The summed E-state index contributed by atoms with van der Waals surface area (Å²) in [5.74, 6) is 1.68. The second-order valence-electron chi connectivity index (χ2n) is 4.71. The van der Waals surface area contributed by atoms with E-state index in [2.05, 4.69) is 6.92 Å². The van der Waals surface area contributed by atoms with Crippen LogP contribution in [0.2, 0.25) is 0 Å². The van der Waals surface area contributed by atoms with Gasteiger partial charge in [-0.1, -0.05) is 0 Å². The van der Waals surface area contributed by atoms with Crippen molar-refractivity contribution in [3.8, 4) is 0 Å². The van der Waals surface area contributed by atoms with E-state index in [4.69, 9.17) is 4.42 Å². The zero-order valence-electron chi connectivity index (χ0n) is 11.1. The van der Waals surface area contributed by atoms with Gasteiger partial charge in [-0.2, -0.15) is 0 Å². The Labute approximate surface area is 108 Å². The molecule has 0 unspecified atom stereocenters. The van der Waals surface area contributed by atoms with E-state index < -0.39 is 0 Å². The number of aryl methyl sites for hydroxylation is 1. The van der Waals surface area contributed by atoms with Crippen LogP contribution in [0.4, 0.5) is 0 Å². The largest absolute Gasteiger partial charge is 0.462 e. The van der Waals surface area contributed by atoms with E-state index in [1.54, 1.807) is 17.1 Å². The molecule has 0 spiro atoms. The van der Waals surface area contributed by atoms with Crippen molar-refractivity contribution in [3.05, 3.63) is 29.7 Å². The van der Waals surface area contributed by atoms with Gasteiger partial charge in [0.1, 0.15) is 11.5 Å². The molecule has 1 amide bonds. The van der Waals surface area contributed by atoms with Gasteiger partial charge in [0.15, 0.2) is 0 Å². The topological polar surface area (TPSA) is 37.9 Å². The number of hydrogen-bond acceptors (Lipinski definition) is 2. The molecule has 18 heavy (non-hydrogen) atoms. The molecule has 98 valence electrons. The predicted octanol–water partition coefficient (Wildman–Crippen LogP) is 0.348. The zero-order valence-corrected chi connectivity index (χ0v) is 11.1. The summed E-state index contributed by atoms with van der Waals surface area (Å²) >= 11 is 0. The molecule has 0 bridgehead atoms. The average molecular weight is 249 g/mol. The Balaban J connectivity index is 1.87. The minimum atomic E-state index is 0.0826. The molecule has 2 rings (SSSR count). The standard InChI is InChI=1S/C14H20N2O2/c1-3-15-8-10-16(11-9-15)14(17)7-6-13-5-4-12(2)18-13/h4-7H,3,8-11H2,1-2H3/p+1/b7-6+. The number of carbonyl (C=O) groups excluding carboxylic acids is 1. The van der Waals surface area contributed by atoms with E-state index in [9.17, 15) is 4.79 Å². The van der Waals surface area contributed by atoms with Crippen LogP contribution in [0.15, 0.2) is 22.6 Å². The van der Waals surface area contributed by atoms with E-state index in [1.807, 2.05) is 24.0 Å². The summed E-state index contributed by atoms with van der Waals surface area (Å²) in [6.45, 7) is 9.03. The average Bonchev–Trinajstić information content (AvgIpc) is 2.82. The van der Waals surface area contributed by atoms with Gasteiger partial charge in [-0.15, -0.1) is 0 Å². The Hall–Kier alpha value is -1.55. The number of carbonyl (C=O) groups is 1. The maximum atomic E-state index is 12.0. The molecule has 2 heterocycles. The SMILES string of the molecule is CC[NH+]1CCN(C(=O)/C=C/c2ccc(C)o2)CC1. The highest BCUT2D eigenvalue weighted by atomic mass is 16.3. The highest BCUT2D eigenvalue weighted by Crippen LogP contribution is 2.08. The van der Waals surface area contributed by atoms with E-state index in [-0.39, 0.29) is 5.91 Å². The molecule has 0 atom stereocenters. The lowest BCUT2D eigenvalue weighted by molar-refractivity contribution is -0.902. The molecule has 0 aromatic carbocycles. The summed E-state index contributed by atoms with van der Waals surface area (Å²) < 4.78 is 5.39. The summed E-state index contributed by atoms with van der Waals surface area (Å²) in [5.41, 5.74) is 0. The van der Waals surface area contributed by atoms with Crippen molar-refractivity contribution in [1.29, 1.82) is 0 Å². The van der Waals surface area contributed by atoms with Crippen LogP contribution >= 0.6 is 0 Å². The second-order valence-corrected chi connectivity index (χ2v) is 4.71.